The number of carbonyl (C=O) groups excluding carboxylic acids is 1. The molecule has 1 aliphatic heterocycles. The number of esters is 1. The second-order valence-corrected chi connectivity index (χ2v) is 10.7. The summed E-state index contributed by atoms with van der Waals surface area (Å²) >= 11 is 0. The third-order valence-corrected chi connectivity index (χ3v) is 6.42. The fourth-order valence-corrected chi connectivity index (χ4v) is 4.57. The van der Waals surface area contributed by atoms with E-state index in [9.17, 15) is 23.6 Å². The number of carbonyl (C=O) groups is 1. The summed E-state index contributed by atoms with van der Waals surface area (Å²) in [6.45, 7) is 9.00. The van der Waals surface area contributed by atoms with Crippen LogP contribution >= 0.6 is 0 Å². The second kappa shape index (κ2) is 10.1. The lowest BCUT2D eigenvalue weighted by molar-refractivity contribution is -0.0225. The summed E-state index contributed by atoms with van der Waals surface area (Å²) < 4.78 is 39.3. The van der Waals surface area contributed by atoms with Gasteiger partial charge in [0.2, 0.25) is 11.3 Å². The Kier molecular flexibility index (Phi) is 7.20. The molecular weight excluding hydrogens is 492 g/mol. The molecule has 1 aromatic heterocycles. The Bertz CT molecular complexity index is 1470. The quantitative estimate of drug-likeness (QED) is 0.390. The molecule has 1 unspecified atom stereocenters. The predicted molar refractivity (Wildman–Crippen MR) is 142 cm³/mol. The zero-order valence-corrected chi connectivity index (χ0v) is 22.2. The van der Waals surface area contributed by atoms with Crippen LogP contribution in [0.1, 0.15) is 73.6 Å². The van der Waals surface area contributed by atoms with Crippen molar-refractivity contribution < 1.29 is 22.7 Å². The van der Waals surface area contributed by atoms with Crippen molar-refractivity contribution in [3.05, 3.63) is 68.9 Å². The lowest BCUT2D eigenvalue weighted by atomic mass is 9.99. The number of nitrogens with zero attached hydrogens (tertiary/aromatic N) is 2. The molecule has 1 saturated heterocycles. The molecule has 0 amide bonds. The highest BCUT2D eigenvalue weighted by Gasteiger charge is 2.36. The van der Waals surface area contributed by atoms with Crippen molar-refractivity contribution >= 4 is 28.5 Å². The van der Waals surface area contributed by atoms with Gasteiger partial charge in [0.15, 0.2) is 5.56 Å². The van der Waals surface area contributed by atoms with Crippen LogP contribution in [0, 0.1) is 18.3 Å². The average molecular weight is 524 g/mol. The van der Waals surface area contributed by atoms with Gasteiger partial charge in [-0.3, -0.25) is 4.79 Å². The first kappa shape index (κ1) is 27.1. The molecule has 9 heteroatoms. The molecule has 0 radical (unpaired) electrons. The highest BCUT2D eigenvalue weighted by molar-refractivity contribution is 5.96. The normalized spacial score (nSPS) is 16.1. The lowest BCUT2D eigenvalue weighted by Crippen LogP contribution is -2.40. The monoisotopic (exact) mass is 523 g/mol. The summed E-state index contributed by atoms with van der Waals surface area (Å²) in [6.07, 6.45) is -0.778. The van der Waals surface area contributed by atoms with E-state index in [1.807, 2.05) is 26.0 Å². The van der Waals surface area contributed by atoms with Crippen molar-refractivity contribution in [1.29, 1.82) is 5.26 Å². The molecule has 2 heterocycles. The lowest BCUT2D eigenvalue weighted by Gasteiger charge is -2.32. The number of nitrogens with one attached hydrogen (secondary N) is 1. The summed E-state index contributed by atoms with van der Waals surface area (Å²) in [5.41, 5.74) is 1.20. The number of aryl methyl sites for hydroxylation is 1. The average Bonchev–Trinajstić information content (AvgIpc) is 2.83. The largest absolute Gasteiger partial charge is 0.456 e. The number of hydrogen-bond donors (Lipinski definition) is 1. The van der Waals surface area contributed by atoms with Gasteiger partial charge in [-0.2, -0.15) is 5.26 Å². The fraction of sp³-hybridized carbons (Fsp3) is 0.414. The molecule has 7 nitrogen and oxygen atoms in total. The highest BCUT2D eigenvalue weighted by atomic mass is 19.3. The first-order valence-electron chi connectivity index (χ1n) is 12.5. The molecule has 3 aromatic rings. The van der Waals surface area contributed by atoms with Crippen LogP contribution in [0.5, 0.6) is 0 Å². The van der Waals surface area contributed by atoms with E-state index in [2.05, 4.69) is 5.32 Å². The topological polar surface area (TPSA) is 95.6 Å². The standard InChI is InChI=1S/C29H31F2N3O4/c1-17-14-20(18(2)33-23-9-7-6-8-19(23)27(36)38-28(3,4)5)25-21(15-17)24(35)22(16-32)26(37-25)34-12-10-29(30,31)11-13-34/h6-9,14-15,18,33H,10-13H2,1-5H3. The van der Waals surface area contributed by atoms with Crippen molar-refractivity contribution in [1.82, 2.24) is 0 Å². The van der Waals surface area contributed by atoms with Crippen LogP contribution in [0.2, 0.25) is 0 Å². The minimum atomic E-state index is -2.79. The van der Waals surface area contributed by atoms with Gasteiger partial charge >= 0.3 is 5.97 Å². The molecule has 1 aliphatic rings. The van der Waals surface area contributed by atoms with Crippen molar-refractivity contribution in [3.8, 4) is 6.07 Å². The number of ether oxygens (including phenoxy) is 1. The Labute approximate surface area is 220 Å². The number of hydrogen-bond acceptors (Lipinski definition) is 7. The Hall–Kier alpha value is -3.93. The number of benzene rings is 2. The summed E-state index contributed by atoms with van der Waals surface area (Å²) in [7, 11) is 0. The first-order chi connectivity index (χ1) is 17.8. The number of para-hydroxylation sites is 1. The minimum absolute atomic E-state index is 0.00644. The summed E-state index contributed by atoms with van der Waals surface area (Å²) in [5, 5.41) is 13.3. The van der Waals surface area contributed by atoms with Crippen LogP contribution in [0.25, 0.3) is 11.0 Å². The van der Waals surface area contributed by atoms with E-state index >= 15 is 0 Å². The molecule has 0 aliphatic carbocycles. The van der Waals surface area contributed by atoms with E-state index in [-0.39, 0.29) is 48.3 Å². The Morgan fingerprint density at radius 1 is 1.21 bits per heavy atom. The van der Waals surface area contributed by atoms with Gasteiger partial charge in [-0.05, 0) is 58.4 Å². The van der Waals surface area contributed by atoms with Crippen LogP contribution in [-0.4, -0.2) is 30.6 Å². The maximum Gasteiger partial charge on any atom is 0.340 e. The smallest absolute Gasteiger partial charge is 0.340 e. The van der Waals surface area contributed by atoms with Gasteiger partial charge < -0.3 is 19.4 Å². The molecule has 200 valence electrons. The fourth-order valence-electron chi connectivity index (χ4n) is 4.57. The van der Waals surface area contributed by atoms with Gasteiger partial charge in [0.1, 0.15) is 17.3 Å². The second-order valence-electron chi connectivity index (χ2n) is 10.7. The molecule has 1 fully saturated rings. The molecular formula is C29H31F2N3O4. The molecule has 2 aromatic carbocycles. The van der Waals surface area contributed by atoms with E-state index in [0.29, 0.717) is 16.8 Å². The van der Waals surface area contributed by atoms with Crippen molar-refractivity contribution in [3.63, 3.8) is 0 Å². The van der Waals surface area contributed by atoms with Gasteiger partial charge in [-0.25, -0.2) is 13.6 Å². The van der Waals surface area contributed by atoms with Crippen molar-refractivity contribution in [2.45, 2.75) is 65.0 Å². The van der Waals surface area contributed by atoms with Crippen LogP contribution in [0.3, 0.4) is 0 Å². The molecule has 0 spiro atoms. The SMILES string of the molecule is Cc1cc(C(C)Nc2ccccc2C(=O)OC(C)(C)C)c2oc(N3CCC(F)(F)CC3)c(C#N)c(=O)c2c1. The molecule has 4 rings (SSSR count). The van der Waals surface area contributed by atoms with Crippen LogP contribution in [-0.2, 0) is 4.74 Å². The van der Waals surface area contributed by atoms with E-state index in [1.54, 1.807) is 51.1 Å². The number of anilines is 2. The van der Waals surface area contributed by atoms with E-state index in [1.165, 1.54) is 4.90 Å². The van der Waals surface area contributed by atoms with Crippen LogP contribution < -0.4 is 15.6 Å². The van der Waals surface area contributed by atoms with Crippen LogP contribution in [0.4, 0.5) is 20.4 Å². The third kappa shape index (κ3) is 5.64. The first-order valence-corrected chi connectivity index (χ1v) is 12.5. The van der Waals surface area contributed by atoms with Crippen molar-refractivity contribution in [2.24, 2.45) is 0 Å². The zero-order valence-electron chi connectivity index (χ0n) is 22.2. The maximum absolute atomic E-state index is 13.8. The summed E-state index contributed by atoms with van der Waals surface area (Å²) in [5.74, 6) is -3.26. The highest BCUT2D eigenvalue weighted by Crippen LogP contribution is 2.35. The molecule has 38 heavy (non-hydrogen) atoms. The van der Waals surface area contributed by atoms with Crippen molar-refractivity contribution in [2.75, 3.05) is 23.3 Å². The number of fused-ring (bicyclic) bond motifs is 1. The molecule has 1 atom stereocenters. The van der Waals surface area contributed by atoms with Gasteiger partial charge in [-0.1, -0.05) is 18.2 Å². The van der Waals surface area contributed by atoms with E-state index in [4.69, 9.17) is 9.15 Å². The van der Waals surface area contributed by atoms with Gasteiger partial charge in [0.05, 0.1) is 17.0 Å². The van der Waals surface area contributed by atoms with Gasteiger partial charge in [-0.15, -0.1) is 0 Å². The molecule has 0 saturated carbocycles. The summed E-state index contributed by atoms with van der Waals surface area (Å²) in [4.78, 5) is 27.7. The maximum atomic E-state index is 13.8. The van der Waals surface area contributed by atoms with Gasteiger partial charge in [0, 0.05) is 37.2 Å². The number of nitriles is 1. The number of rotatable bonds is 5. The molecule has 1 N–H and O–H groups in total. The zero-order chi connectivity index (χ0) is 27.8. The molecule has 0 bridgehead atoms. The Balaban J connectivity index is 1.78. The third-order valence-electron chi connectivity index (χ3n) is 6.42. The van der Waals surface area contributed by atoms with Gasteiger partial charge in [0.25, 0.3) is 5.92 Å². The van der Waals surface area contributed by atoms with E-state index in [0.717, 1.165) is 5.56 Å². The Morgan fingerprint density at radius 2 is 1.87 bits per heavy atom. The minimum Gasteiger partial charge on any atom is -0.456 e. The summed E-state index contributed by atoms with van der Waals surface area (Å²) in [6, 6.07) is 12.0. The van der Waals surface area contributed by atoms with E-state index < -0.39 is 29.0 Å². The van der Waals surface area contributed by atoms with Crippen LogP contribution in [0.15, 0.2) is 45.6 Å². The number of alkyl halides is 2. The number of piperidine rings is 1. The number of halogens is 2. The predicted octanol–water partition coefficient (Wildman–Crippen LogP) is 6.34. The Morgan fingerprint density at radius 3 is 2.50 bits per heavy atom.